The lowest BCUT2D eigenvalue weighted by Gasteiger charge is -2.09. The van der Waals surface area contributed by atoms with Crippen LogP contribution in [0.4, 0.5) is 0 Å². The van der Waals surface area contributed by atoms with E-state index < -0.39 is 6.10 Å². The molecule has 0 saturated carbocycles. The maximum Gasteiger partial charge on any atom is 0.161 e. The fourth-order valence-electron chi connectivity index (χ4n) is 4.65. The zero-order valence-corrected chi connectivity index (χ0v) is 22.3. The minimum atomic E-state index is -0.703. The highest BCUT2D eigenvalue weighted by Gasteiger charge is 2.13. The van der Waals surface area contributed by atoms with E-state index in [1.165, 1.54) is 135 Å². The number of aliphatic hydroxyl groups is 1. The van der Waals surface area contributed by atoms with Crippen molar-refractivity contribution in [1.29, 1.82) is 0 Å². The second-order valence-corrected chi connectivity index (χ2v) is 10.3. The summed E-state index contributed by atoms with van der Waals surface area (Å²) in [5.41, 5.74) is 0. The van der Waals surface area contributed by atoms with Gasteiger partial charge >= 0.3 is 0 Å². The summed E-state index contributed by atoms with van der Waals surface area (Å²) in [6, 6.07) is 0. The third kappa shape index (κ3) is 24.3. The lowest BCUT2D eigenvalue weighted by molar-refractivity contribution is -0.127. The van der Waals surface area contributed by atoms with Gasteiger partial charge in [-0.3, -0.25) is 4.79 Å². The van der Waals surface area contributed by atoms with E-state index in [0.29, 0.717) is 12.8 Å². The van der Waals surface area contributed by atoms with Crippen molar-refractivity contribution in [2.24, 2.45) is 0 Å². The summed E-state index contributed by atoms with van der Waals surface area (Å²) in [7, 11) is 0. The van der Waals surface area contributed by atoms with E-state index in [9.17, 15) is 9.90 Å². The largest absolute Gasteiger partial charge is 0.385 e. The van der Waals surface area contributed by atoms with E-state index in [4.69, 9.17) is 0 Å². The molecule has 2 nitrogen and oxygen atoms in total. The molecule has 0 heterocycles. The van der Waals surface area contributed by atoms with Gasteiger partial charge in [0.15, 0.2) is 5.78 Å². The number of hydrogen-bond acceptors (Lipinski definition) is 2. The molecule has 1 N–H and O–H groups in total. The van der Waals surface area contributed by atoms with E-state index in [0.717, 1.165) is 19.3 Å². The zero-order chi connectivity index (χ0) is 23.5. The molecule has 0 aliphatic carbocycles. The van der Waals surface area contributed by atoms with Crippen molar-refractivity contribution in [3.05, 3.63) is 0 Å². The summed E-state index contributed by atoms with van der Waals surface area (Å²) >= 11 is 0. The van der Waals surface area contributed by atoms with Crippen molar-refractivity contribution in [3.63, 3.8) is 0 Å². The molecule has 0 rings (SSSR count). The number of aliphatic hydroxyl groups excluding tert-OH is 1. The normalized spacial score (nSPS) is 12.3. The molecule has 0 aromatic carbocycles. The van der Waals surface area contributed by atoms with Crippen LogP contribution in [0.5, 0.6) is 0 Å². The lowest BCUT2D eigenvalue weighted by Crippen LogP contribution is -2.19. The number of hydrogen-bond donors (Lipinski definition) is 1. The standard InChI is InChI=1S/C30H60O2/c1-3-5-7-9-11-13-15-16-18-20-22-24-26-28-30(32)29(31)27-25-23-21-19-17-14-12-10-8-6-4-2/h29,31H,3-28H2,1-2H3. The summed E-state index contributed by atoms with van der Waals surface area (Å²) in [4.78, 5) is 12.1. The SMILES string of the molecule is CCCCCCCCCCCCCCCC(=O)C(O)CCCCCCCCCCCCC. The van der Waals surface area contributed by atoms with Crippen molar-refractivity contribution < 1.29 is 9.90 Å². The quantitative estimate of drug-likeness (QED) is 0.126. The Balaban J connectivity index is 3.29. The van der Waals surface area contributed by atoms with Crippen molar-refractivity contribution >= 4 is 5.78 Å². The van der Waals surface area contributed by atoms with Gasteiger partial charge in [0.1, 0.15) is 6.10 Å². The molecule has 0 amide bonds. The Morgan fingerprint density at radius 1 is 0.469 bits per heavy atom. The van der Waals surface area contributed by atoms with Crippen molar-refractivity contribution in [1.82, 2.24) is 0 Å². The van der Waals surface area contributed by atoms with Gasteiger partial charge in [0.25, 0.3) is 0 Å². The van der Waals surface area contributed by atoms with E-state index in [-0.39, 0.29) is 5.78 Å². The second-order valence-electron chi connectivity index (χ2n) is 10.3. The van der Waals surface area contributed by atoms with E-state index in [1.54, 1.807) is 0 Å². The van der Waals surface area contributed by atoms with Crippen LogP contribution in [0.3, 0.4) is 0 Å². The van der Waals surface area contributed by atoms with Crippen LogP contribution in [0.1, 0.15) is 181 Å². The first-order chi connectivity index (χ1) is 15.7. The Labute approximate surface area is 202 Å². The third-order valence-electron chi connectivity index (χ3n) is 6.98. The van der Waals surface area contributed by atoms with Crippen molar-refractivity contribution in [2.75, 3.05) is 0 Å². The fourth-order valence-corrected chi connectivity index (χ4v) is 4.65. The number of unbranched alkanes of at least 4 members (excludes halogenated alkanes) is 22. The first-order valence-corrected chi connectivity index (χ1v) is 14.9. The van der Waals surface area contributed by atoms with Gasteiger partial charge < -0.3 is 5.11 Å². The molecule has 0 radical (unpaired) electrons. The van der Waals surface area contributed by atoms with Crippen LogP contribution >= 0.6 is 0 Å². The maximum atomic E-state index is 12.1. The van der Waals surface area contributed by atoms with Gasteiger partial charge in [-0.25, -0.2) is 0 Å². The third-order valence-corrected chi connectivity index (χ3v) is 6.98. The average Bonchev–Trinajstić information content (AvgIpc) is 2.80. The minimum Gasteiger partial charge on any atom is -0.385 e. The molecule has 0 spiro atoms. The highest BCUT2D eigenvalue weighted by atomic mass is 16.3. The second kappa shape index (κ2) is 26.9. The van der Waals surface area contributed by atoms with Crippen LogP contribution in [0.2, 0.25) is 0 Å². The summed E-state index contributed by atoms with van der Waals surface area (Å²) in [5.74, 6) is 0.0835. The van der Waals surface area contributed by atoms with E-state index in [1.807, 2.05) is 0 Å². The van der Waals surface area contributed by atoms with Gasteiger partial charge in [-0.15, -0.1) is 0 Å². The Bertz CT molecular complexity index is 366. The Morgan fingerprint density at radius 2 is 0.750 bits per heavy atom. The average molecular weight is 453 g/mol. The topological polar surface area (TPSA) is 37.3 Å². The predicted molar refractivity (Wildman–Crippen MR) is 142 cm³/mol. The van der Waals surface area contributed by atoms with Gasteiger partial charge in [-0.05, 0) is 12.8 Å². The number of Topliss-reactive ketones (excluding diaryl/α,β-unsaturated/α-hetero) is 1. The molecule has 0 bridgehead atoms. The molecule has 2 heteroatoms. The van der Waals surface area contributed by atoms with Crippen molar-refractivity contribution in [2.45, 2.75) is 187 Å². The smallest absolute Gasteiger partial charge is 0.161 e. The van der Waals surface area contributed by atoms with Crippen molar-refractivity contribution in [3.8, 4) is 0 Å². The summed E-state index contributed by atoms with van der Waals surface area (Å²) < 4.78 is 0. The maximum absolute atomic E-state index is 12.1. The van der Waals surface area contributed by atoms with Gasteiger partial charge in [0, 0.05) is 6.42 Å². The first kappa shape index (κ1) is 31.6. The molecule has 192 valence electrons. The molecular weight excluding hydrogens is 392 g/mol. The van der Waals surface area contributed by atoms with Crippen LogP contribution in [0, 0.1) is 0 Å². The monoisotopic (exact) mass is 452 g/mol. The van der Waals surface area contributed by atoms with Gasteiger partial charge in [0.2, 0.25) is 0 Å². The molecule has 0 aliphatic rings. The molecule has 0 saturated heterocycles. The zero-order valence-electron chi connectivity index (χ0n) is 22.3. The molecule has 0 aromatic heterocycles. The molecule has 32 heavy (non-hydrogen) atoms. The molecule has 1 atom stereocenters. The van der Waals surface area contributed by atoms with Gasteiger partial charge in [-0.2, -0.15) is 0 Å². The van der Waals surface area contributed by atoms with E-state index >= 15 is 0 Å². The Morgan fingerprint density at radius 3 is 1.09 bits per heavy atom. The highest BCUT2D eigenvalue weighted by molar-refractivity contribution is 5.82. The van der Waals surface area contributed by atoms with Crippen LogP contribution in [-0.4, -0.2) is 17.0 Å². The first-order valence-electron chi connectivity index (χ1n) is 14.9. The van der Waals surface area contributed by atoms with E-state index in [2.05, 4.69) is 13.8 Å². The van der Waals surface area contributed by atoms with Crippen LogP contribution in [-0.2, 0) is 4.79 Å². The fraction of sp³-hybridized carbons (Fsp3) is 0.967. The summed E-state index contributed by atoms with van der Waals surface area (Å²) in [5, 5.41) is 10.1. The lowest BCUT2D eigenvalue weighted by atomic mass is 10.00. The molecular formula is C30H60O2. The predicted octanol–water partition coefficient (Wildman–Crippen LogP) is 10.1. The van der Waals surface area contributed by atoms with Crippen LogP contribution < -0.4 is 0 Å². The molecule has 0 aliphatic heterocycles. The number of carbonyl (C=O) groups is 1. The van der Waals surface area contributed by atoms with Gasteiger partial charge in [-0.1, -0.05) is 162 Å². The summed E-state index contributed by atoms with van der Waals surface area (Å²) in [6.45, 7) is 4.54. The van der Waals surface area contributed by atoms with Crippen LogP contribution in [0.25, 0.3) is 0 Å². The van der Waals surface area contributed by atoms with Gasteiger partial charge in [0.05, 0.1) is 0 Å². The Kier molecular flexibility index (Phi) is 26.6. The number of ketones is 1. The number of carbonyl (C=O) groups excluding carboxylic acids is 1. The summed E-state index contributed by atoms with van der Waals surface area (Å²) in [6.07, 6.45) is 32.2. The molecule has 0 fully saturated rings. The number of rotatable bonds is 27. The highest BCUT2D eigenvalue weighted by Crippen LogP contribution is 2.15. The minimum absolute atomic E-state index is 0.0835. The molecule has 1 unspecified atom stereocenters. The molecule has 0 aromatic rings. The Hall–Kier alpha value is -0.370. The van der Waals surface area contributed by atoms with Crippen LogP contribution in [0.15, 0.2) is 0 Å².